The highest BCUT2D eigenvalue weighted by molar-refractivity contribution is 5.40. The number of rotatable bonds is 5. The maximum absolute atomic E-state index is 10.6. The molecule has 0 radical (unpaired) electrons. The lowest BCUT2D eigenvalue weighted by Crippen LogP contribution is -2.30. The molecule has 1 aromatic carbocycles. The number of hydrazine groups is 1. The molecule has 5 heteroatoms. The van der Waals surface area contributed by atoms with E-state index >= 15 is 0 Å². The van der Waals surface area contributed by atoms with Gasteiger partial charge in [0.1, 0.15) is 5.69 Å². The van der Waals surface area contributed by atoms with E-state index in [1.165, 1.54) is 0 Å². The summed E-state index contributed by atoms with van der Waals surface area (Å²) in [5.41, 5.74) is 0.422. The lowest BCUT2D eigenvalue weighted by molar-refractivity contribution is -0.546. The molecule has 0 fully saturated rings. The van der Waals surface area contributed by atoms with E-state index in [2.05, 4.69) is 0 Å². The Kier molecular flexibility index (Phi) is 3.87. The predicted molar refractivity (Wildman–Crippen MR) is 52.2 cm³/mol. The predicted octanol–water partition coefficient (Wildman–Crippen LogP) is 2.03. The summed E-state index contributed by atoms with van der Waals surface area (Å²) in [6, 6.07) is 8.49. The second kappa shape index (κ2) is 5.18. The molecule has 0 amide bonds. The number of nitrogens with zero attached hydrogens (tertiary/aromatic N) is 2. The molecule has 0 heterocycles. The molecule has 1 aromatic rings. The van der Waals surface area contributed by atoms with Crippen molar-refractivity contribution in [2.75, 3.05) is 11.8 Å². The van der Waals surface area contributed by atoms with Gasteiger partial charge in [-0.2, -0.15) is 0 Å². The van der Waals surface area contributed by atoms with Crippen molar-refractivity contribution in [2.24, 2.45) is 0 Å². The van der Waals surface area contributed by atoms with Crippen molar-refractivity contribution in [1.29, 1.82) is 0 Å². The van der Waals surface area contributed by atoms with Crippen LogP contribution in [-0.4, -0.2) is 11.6 Å². The minimum absolute atomic E-state index is 0.329. The van der Waals surface area contributed by atoms with Gasteiger partial charge in [-0.3, -0.25) is 0 Å². The van der Waals surface area contributed by atoms with E-state index in [4.69, 9.17) is 4.84 Å². The van der Waals surface area contributed by atoms with Crippen molar-refractivity contribution in [2.45, 2.75) is 13.3 Å². The lowest BCUT2D eigenvalue weighted by atomic mass is 10.3. The van der Waals surface area contributed by atoms with Crippen LogP contribution in [-0.2, 0) is 4.84 Å². The first kappa shape index (κ1) is 10.5. The van der Waals surface area contributed by atoms with Crippen LogP contribution in [0.15, 0.2) is 30.3 Å². The molecule has 0 saturated carbocycles. The summed E-state index contributed by atoms with van der Waals surface area (Å²) in [5.74, 6) is 0. The largest absolute Gasteiger partial charge is 0.232 e. The van der Waals surface area contributed by atoms with E-state index in [-0.39, 0.29) is 0 Å². The summed E-state index contributed by atoms with van der Waals surface area (Å²) in [4.78, 5) is 15.6. The van der Waals surface area contributed by atoms with E-state index in [1.807, 2.05) is 6.92 Å². The van der Waals surface area contributed by atoms with Crippen LogP contribution >= 0.6 is 0 Å². The summed E-state index contributed by atoms with van der Waals surface area (Å²) in [5, 5.41) is 10.7. The molecular formula is C9H12N2O3. The van der Waals surface area contributed by atoms with Gasteiger partial charge >= 0.3 is 0 Å². The molecule has 5 nitrogen and oxygen atoms in total. The van der Waals surface area contributed by atoms with Gasteiger partial charge in [0.25, 0.3) is 0 Å². The first-order chi connectivity index (χ1) is 6.75. The SMILES string of the molecule is CCCON(c1ccccc1)[N+](=O)[O-]. The highest BCUT2D eigenvalue weighted by atomic mass is 16.8. The van der Waals surface area contributed by atoms with Crippen molar-refractivity contribution in [3.8, 4) is 0 Å². The molecule has 0 aliphatic carbocycles. The third-order valence-electron chi connectivity index (χ3n) is 1.54. The molecule has 0 saturated heterocycles. The van der Waals surface area contributed by atoms with Gasteiger partial charge in [0.2, 0.25) is 0 Å². The van der Waals surface area contributed by atoms with Crippen LogP contribution in [0.1, 0.15) is 13.3 Å². The minimum Gasteiger partial charge on any atom is -0.232 e. The van der Waals surface area contributed by atoms with Crippen LogP contribution in [0.2, 0.25) is 0 Å². The fourth-order valence-corrected chi connectivity index (χ4v) is 0.949. The van der Waals surface area contributed by atoms with Crippen molar-refractivity contribution in [1.82, 2.24) is 0 Å². The first-order valence-electron chi connectivity index (χ1n) is 4.38. The van der Waals surface area contributed by atoms with Gasteiger partial charge in [0.15, 0.2) is 5.03 Å². The van der Waals surface area contributed by atoms with Crippen LogP contribution in [0.5, 0.6) is 0 Å². The zero-order valence-corrected chi connectivity index (χ0v) is 7.92. The van der Waals surface area contributed by atoms with Crippen molar-refractivity contribution >= 4 is 5.69 Å². The normalized spacial score (nSPS) is 9.79. The van der Waals surface area contributed by atoms with Crippen LogP contribution in [0.4, 0.5) is 5.69 Å². The van der Waals surface area contributed by atoms with E-state index in [1.54, 1.807) is 30.3 Å². The van der Waals surface area contributed by atoms with Crippen LogP contribution < -0.4 is 5.17 Å². The summed E-state index contributed by atoms with van der Waals surface area (Å²) in [6.07, 6.45) is 0.733. The number of benzene rings is 1. The maximum atomic E-state index is 10.6. The standard InChI is InChI=1S/C9H12N2O3/c1-2-8-14-10(11(12)13)9-6-4-3-5-7-9/h3-7H,2,8H2,1H3. The molecule has 1 rings (SSSR count). The zero-order chi connectivity index (χ0) is 10.4. The summed E-state index contributed by atoms with van der Waals surface area (Å²) < 4.78 is 0. The molecule has 0 unspecified atom stereocenters. The Morgan fingerprint density at radius 3 is 2.57 bits per heavy atom. The van der Waals surface area contributed by atoms with E-state index in [9.17, 15) is 10.1 Å². The molecule has 14 heavy (non-hydrogen) atoms. The molecule has 0 atom stereocenters. The Bertz CT molecular complexity index is 289. The third kappa shape index (κ3) is 2.70. The van der Waals surface area contributed by atoms with Crippen LogP contribution in [0.25, 0.3) is 0 Å². The number of hydrogen-bond acceptors (Lipinski definition) is 3. The van der Waals surface area contributed by atoms with Crippen molar-refractivity contribution < 1.29 is 9.87 Å². The van der Waals surface area contributed by atoms with Gasteiger partial charge in [-0.1, -0.05) is 25.1 Å². The van der Waals surface area contributed by atoms with Gasteiger partial charge in [-0.15, -0.1) is 0 Å². The molecule has 0 aliphatic heterocycles. The van der Waals surface area contributed by atoms with Crippen molar-refractivity contribution in [3.05, 3.63) is 40.4 Å². The fraction of sp³-hybridized carbons (Fsp3) is 0.333. The average molecular weight is 196 g/mol. The zero-order valence-electron chi connectivity index (χ0n) is 7.92. The van der Waals surface area contributed by atoms with E-state index < -0.39 is 5.03 Å². The monoisotopic (exact) mass is 196 g/mol. The quantitative estimate of drug-likeness (QED) is 0.534. The summed E-state index contributed by atoms with van der Waals surface area (Å²) in [6.45, 7) is 2.22. The summed E-state index contributed by atoms with van der Waals surface area (Å²) in [7, 11) is 0. The smallest absolute Gasteiger partial charge is 0.192 e. The first-order valence-corrected chi connectivity index (χ1v) is 4.38. The van der Waals surface area contributed by atoms with Gasteiger partial charge in [0.05, 0.1) is 6.61 Å². The van der Waals surface area contributed by atoms with E-state index in [0.717, 1.165) is 6.42 Å². The lowest BCUT2D eigenvalue weighted by Gasteiger charge is -2.11. The molecular weight excluding hydrogens is 184 g/mol. The molecule has 0 spiro atoms. The topological polar surface area (TPSA) is 55.6 Å². The second-order valence-electron chi connectivity index (χ2n) is 2.68. The average Bonchev–Trinajstić information content (AvgIpc) is 2.19. The van der Waals surface area contributed by atoms with Gasteiger partial charge in [-0.25, -0.2) is 15.0 Å². The molecule has 0 aliphatic rings. The Morgan fingerprint density at radius 2 is 2.07 bits per heavy atom. The minimum atomic E-state index is -0.578. The van der Waals surface area contributed by atoms with Gasteiger partial charge in [0, 0.05) is 5.17 Å². The molecule has 76 valence electrons. The number of para-hydroxylation sites is 1. The third-order valence-corrected chi connectivity index (χ3v) is 1.54. The van der Waals surface area contributed by atoms with E-state index in [0.29, 0.717) is 17.5 Å². The van der Waals surface area contributed by atoms with Gasteiger partial charge in [-0.05, 0) is 18.6 Å². The Labute approximate surface area is 82.0 Å². The van der Waals surface area contributed by atoms with Crippen LogP contribution in [0, 0.1) is 10.1 Å². The van der Waals surface area contributed by atoms with Crippen molar-refractivity contribution in [3.63, 3.8) is 0 Å². The number of nitro groups is 1. The fourth-order valence-electron chi connectivity index (χ4n) is 0.949. The second-order valence-corrected chi connectivity index (χ2v) is 2.68. The Hall–Kier alpha value is -1.62. The Morgan fingerprint density at radius 1 is 1.43 bits per heavy atom. The van der Waals surface area contributed by atoms with Gasteiger partial charge < -0.3 is 0 Å². The Balaban J connectivity index is 2.73. The molecule has 0 N–H and O–H groups in total. The summed E-state index contributed by atoms with van der Waals surface area (Å²) >= 11 is 0. The highest BCUT2D eigenvalue weighted by Gasteiger charge is 2.17. The highest BCUT2D eigenvalue weighted by Crippen LogP contribution is 2.13. The molecule has 0 bridgehead atoms. The molecule has 0 aromatic heterocycles. The maximum Gasteiger partial charge on any atom is 0.192 e. The number of hydrogen-bond donors (Lipinski definition) is 0. The van der Waals surface area contributed by atoms with Crippen LogP contribution in [0.3, 0.4) is 0 Å². The number of anilines is 1.